The molecule has 1 aromatic carbocycles. The maximum atomic E-state index is 14.1. The Kier molecular flexibility index (Phi) is 18.2. The number of carbonyl (C=O) groups excluding carboxylic acids is 4. The normalized spacial score (nSPS) is 19.2. The minimum absolute atomic E-state index is 0.0112. The molecule has 0 spiro atoms. The van der Waals surface area contributed by atoms with E-state index < -0.39 is 60.2 Å². The molecule has 13 heteroatoms. The molecule has 0 bridgehead atoms. The number of carboxylic acid groups (broad SMARTS) is 1. The number of methoxy groups -OCH3 is 2. The largest absolute Gasteiger partial charge is 0.480 e. The Bertz CT molecular complexity index is 1310. The van der Waals surface area contributed by atoms with Crippen molar-refractivity contribution in [3.63, 3.8) is 0 Å². The highest BCUT2D eigenvalue weighted by Gasteiger charge is 2.43. The Morgan fingerprint density at radius 1 is 0.923 bits per heavy atom. The number of amides is 4. The van der Waals surface area contributed by atoms with Crippen LogP contribution in [0.25, 0.3) is 0 Å². The highest BCUT2D eigenvalue weighted by Crippen LogP contribution is 2.29. The monoisotopic (exact) mass is 731 g/mol. The van der Waals surface area contributed by atoms with Crippen molar-refractivity contribution in [3.05, 3.63) is 35.9 Å². The molecular weight excluding hydrogens is 666 g/mol. The minimum atomic E-state index is -1.14. The van der Waals surface area contributed by atoms with Crippen molar-refractivity contribution in [1.82, 2.24) is 25.8 Å². The molecule has 294 valence electrons. The molecule has 1 heterocycles. The number of benzene rings is 1. The molecule has 8 unspecified atom stereocenters. The number of ether oxygens (including phenoxy) is 2. The Labute approximate surface area is 310 Å². The van der Waals surface area contributed by atoms with E-state index in [-0.39, 0.29) is 48.3 Å². The molecule has 1 aliphatic heterocycles. The molecule has 4 amide bonds. The van der Waals surface area contributed by atoms with E-state index in [2.05, 4.69) is 16.0 Å². The van der Waals surface area contributed by atoms with Gasteiger partial charge in [-0.3, -0.25) is 19.2 Å². The van der Waals surface area contributed by atoms with Crippen molar-refractivity contribution in [2.75, 3.05) is 34.9 Å². The van der Waals surface area contributed by atoms with E-state index in [9.17, 15) is 29.1 Å². The molecule has 0 radical (unpaired) electrons. The summed E-state index contributed by atoms with van der Waals surface area (Å²) in [6.45, 7) is 13.9. The number of carboxylic acids is 1. The van der Waals surface area contributed by atoms with Crippen LogP contribution >= 0.6 is 0 Å². The topological polar surface area (TPSA) is 167 Å². The summed E-state index contributed by atoms with van der Waals surface area (Å²) in [5, 5.41) is 18.5. The molecule has 1 fully saturated rings. The van der Waals surface area contributed by atoms with Crippen LogP contribution < -0.4 is 16.0 Å². The number of likely N-dealkylation sites (tertiary alicyclic amines) is 1. The van der Waals surface area contributed by atoms with Gasteiger partial charge in [-0.25, -0.2) is 4.79 Å². The quantitative estimate of drug-likeness (QED) is 0.149. The molecule has 0 aromatic heterocycles. The number of nitrogens with one attached hydrogen (secondary N) is 3. The molecule has 1 aromatic rings. The SMILES string of the molecule is CCC(C)C(C(CC(=O)N1CCC[C@@H]1C(OC)C(C)C(=O)NC(Cc1ccccc1)C(=O)O)OC)N(C)C(=O)C(NC(=O)C(NC)C(C)C)C(C)C. The van der Waals surface area contributed by atoms with Crippen molar-refractivity contribution < 1.29 is 38.6 Å². The predicted octanol–water partition coefficient (Wildman–Crippen LogP) is 3.10. The van der Waals surface area contributed by atoms with Gasteiger partial charge in [0.1, 0.15) is 12.1 Å². The molecular formula is C39H65N5O8. The Morgan fingerprint density at radius 2 is 1.54 bits per heavy atom. The fourth-order valence-corrected chi connectivity index (χ4v) is 7.40. The van der Waals surface area contributed by atoms with Gasteiger partial charge in [-0.1, -0.05) is 85.2 Å². The van der Waals surface area contributed by atoms with Crippen molar-refractivity contribution in [2.24, 2.45) is 23.7 Å². The molecule has 1 aliphatic rings. The fraction of sp³-hybridized carbons (Fsp3) is 0.718. The molecule has 2 rings (SSSR count). The van der Waals surface area contributed by atoms with Gasteiger partial charge >= 0.3 is 5.97 Å². The number of likely N-dealkylation sites (N-methyl/N-ethyl adjacent to an activating group) is 2. The average molecular weight is 732 g/mol. The zero-order valence-corrected chi connectivity index (χ0v) is 33.2. The Morgan fingerprint density at radius 3 is 2.04 bits per heavy atom. The van der Waals surface area contributed by atoms with Crippen molar-refractivity contribution in [3.8, 4) is 0 Å². The van der Waals surface area contributed by atoms with Crippen molar-refractivity contribution >= 4 is 29.6 Å². The smallest absolute Gasteiger partial charge is 0.326 e. The Balaban J connectivity index is 2.26. The number of nitrogens with zero attached hydrogens (tertiary/aromatic N) is 2. The third-order valence-corrected chi connectivity index (χ3v) is 10.6. The van der Waals surface area contributed by atoms with Gasteiger partial charge in [-0.15, -0.1) is 0 Å². The first-order valence-corrected chi connectivity index (χ1v) is 18.7. The van der Waals surface area contributed by atoms with Gasteiger partial charge in [-0.2, -0.15) is 0 Å². The van der Waals surface area contributed by atoms with Crippen LogP contribution in [0.3, 0.4) is 0 Å². The maximum absolute atomic E-state index is 14.1. The van der Waals surface area contributed by atoms with Gasteiger partial charge in [0.05, 0.1) is 42.7 Å². The third-order valence-electron chi connectivity index (χ3n) is 10.6. The first-order valence-electron chi connectivity index (χ1n) is 18.7. The van der Waals surface area contributed by atoms with Crippen LogP contribution in [-0.4, -0.2) is 122 Å². The minimum Gasteiger partial charge on any atom is -0.480 e. The summed E-state index contributed by atoms with van der Waals surface area (Å²) in [5.74, 6) is -3.27. The number of hydrogen-bond donors (Lipinski definition) is 4. The number of aliphatic carboxylic acids is 1. The molecule has 1 saturated heterocycles. The lowest BCUT2D eigenvalue weighted by molar-refractivity contribution is -0.148. The van der Waals surface area contributed by atoms with E-state index in [1.807, 2.05) is 71.9 Å². The summed E-state index contributed by atoms with van der Waals surface area (Å²) in [5.41, 5.74) is 0.785. The summed E-state index contributed by atoms with van der Waals surface area (Å²) in [4.78, 5) is 70.3. The van der Waals surface area contributed by atoms with Gasteiger partial charge in [-0.05, 0) is 43.2 Å². The summed E-state index contributed by atoms with van der Waals surface area (Å²) in [7, 11) is 6.46. The number of carbonyl (C=O) groups is 5. The molecule has 9 atom stereocenters. The lowest BCUT2D eigenvalue weighted by Crippen LogP contribution is -2.59. The van der Waals surface area contributed by atoms with Crippen LogP contribution in [0.4, 0.5) is 0 Å². The van der Waals surface area contributed by atoms with E-state index in [1.54, 1.807) is 30.8 Å². The van der Waals surface area contributed by atoms with Gasteiger partial charge in [0, 0.05) is 34.2 Å². The average Bonchev–Trinajstić information content (AvgIpc) is 3.59. The van der Waals surface area contributed by atoms with E-state index >= 15 is 0 Å². The first kappa shape index (κ1) is 44.6. The first-order chi connectivity index (χ1) is 24.5. The van der Waals surface area contributed by atoms with Crippen LogP contribution in [0.1, 0.15) is 79.7 Å². The summed E-state index contributed by atoms with van der Waals surface area (Å²) >= 11 is 0. The lowest BCUT2D eigenvalue weighted by Gasteiger charge is -2.41. The lowest BCUT2D eigenvalue weighted by atomic mass is 9.89. The van der Waals surface area contributed by atoms with Crippen LogP contribution in [0.5, 0.6) is 0 Å². The number of rotatable bonds is 21. The van der Waals surface area contributed by atoms with Gasteiger partial charge in [0.15, 0.2) is 0 Å². The summed E-state index contributed by atoms with van der Waals surface area (Å²) in [6.07, 6.45) is 0.818. The fourth-order valence-electron chi connectivity index (χ4n) is 7.40. The van der Waals surface area contributed by atoms with E-state index in [4.69, 9.17) is 9.47 Å². The number of hydrogen-bond acceptors (Lipinski definition) is 8. The van der Waals surface area contributed by atoms with Crippen molar-refractivity contribution in [1.29, 1.82) is 0 Å². The zero-order chi connectivity index (χ0) is 39.3. The highest BCUT2D eigenvalue weighted by atomic mass is 16.5. The van der Waals surface area contributed by atoms with E-state index in [0.717, 1.165) is 12.0 Å². The highest BCUT2D eigenvalue weighted by molar-refractivity contribution is 5.90. The van der Waals surface area contributed by atoms with Crippen molar-refractivity contribution in [2.45, 2.75) is 123 Å². The summed E-state index contributed by atoms with van der Waals surface area (Å²) < 4.78 is 11.8. The second-order valence-electron chi connectivity index (χ2n) is 14.9. The van der Waals surface area contributed by atoms with Gasteiger partial charge < -0.3 is 40.3 Å². The third kappa shape index (κ3) is 11.7. The molecule has 0 saturated carbocycles. The molecule has 52 heavy (non-hydrogen) atoms. The van der Waals surface area contributed by atoms with Gasteiger partial charge in [0.25, 0.3) is 0 Å². The van der Waals surface area contributed by atoms with Crippen LogP contribution in [0.2, 0.25) is 0 Å². The maximum Gasteiger partial charge on any atom is 0.326 e. The van der Waals surface area contributed by atoms with Crippen LogP contribution in [-0.2, 0) is 39.9 Å². The van der Waals surface area contributed by atoms with E-state index in [1.165, 1.54) is 14.2 Å². The predicted molar refractivity (Wildman–Crippen MR) is 200 cm³/mol. The van der Waals surface area contributed by atoms with Crippen LogP contribution in [0, 0.1) is 23.7 Å². The van der Waals surface area contributed by atoms with Crippen LogP contribution in [0.15, 0.2) is 30.3 Å². The van der Waals surface area contributed by atoms with Gasteiger partial charge in [0.2, 0.25) is 23.6 Å². The Hall–Kier alpha value is -3.55. The molecule has 4 N–H and O–H groups in total. The molecule has 0 aliphatic carbocycles. The molecule has 13 nitrogen and oxygen atoms in total. The second kappa shape index (κ2) is 21.2. The summed E-state index contributed by atoms with van der Waals surface area (Å²) in [6, 6.07) is 5.84. The standard InChI is InChI=1S/C39H65N5O8/c1-12-25(6)34(43(9)38(48)33(24(4)5)42-37(47)32(40-8)23(2)3)30(51-10)22-31(45)44-20-16-19-29(44)35(52-11)26(7)36(46)41-28(39(49)50)21-27-17-14-13-15-18-27/h13-15,17-18,23-26,28-30,32-35,40H,12,16,19-22H2,1-11H3,(H,41,46)(H,42,47)(H,49,50)/t25?,26?,28?,29-,30?,32?,33?,34?,35?/m1/s1. The zero-order valence-electron chi connectivity index (χ0n) is 33.2. The second-order valence-corrected chi connectivity index (χ2v) is 14.9. The van der Waals surface area contributed by atoms with E-state index in [0.29, 0.717) is 19.4 Å².